The Morgan fingerprint density at radius 3 is 2.47 bits per heavy atom. The van der Waals surface area contributed by atoms with Crippen molar-refractivity contribution < 1.29 is 9.50 Å². The molecule has 0 bridgehead atoms. The lowest BCUT2D eigenvalue weighted by Crippen LogP contribution is -1.94. The van der Waals surface area contributed by atoms with Crippen LogP contribution in [0.2, 0.25) is 0 Å². The SMILES string of the molecule is CC.Cc1ccc(=O)c(O)c(-c2cncc(F)c2)c1. The second kappa shape index (κ2) is 6.64. The van der Waals surface area contributed by atoms with Crippen molar-refractivity contribution in [3.8, 4) is 16.9 Å². The molecule has 0 aliphatic carbocycles. The molecule has 3 nitrogen and oxygen atoms in total. The molecule has 1 aromatic carbocycles. The maximum atomic E-state index is 13.1. The number of rotatable bonds is 1. The number of nitrogens with zero attached hydrogens (tertiary/aromatic N) is 1. The van der Waals surface area contributed by atoms with E-state index in [0.29, 0.717) is 5.56 Å². The molecule has 0 unspecified atom stereocenters. The summed E-state index contributed by atoms with van der Waals surface area (Å²) in [5.41, 5.74) is 0.947. The zero-order valence-electron chi connectivity index (χ0n) is 11.1. The van der Waals surface area contributed by atoms with Crippen LogP contribution in [0.25, 0.3) is 11.1 Å². The van der Waals surface area contributed by atoms with Crippen molar-refractivity contribution >= 4 is 0 Å². The van der Waals surface area contributed by atoms with Gasteiger partial charge in [0.15, 0.2) is 5.75 Å². The maximum Gasteiger partial charge on any atom is 0.220 e. The molecule has 1 N–H and O–H groups in total. The lowest BCUT2D eigenvalue weighted by molar-refractivity contribution is 0.473. The van der Waals surface area contributed by atoms with Crippen molar-refractivity contribution in [1.29, 1.82) is 0 Å². The van der Waals surface area contributed by atoms with Crippen LogP contribution in [0.1, 0.15) is 19.4 Å². The largest absolute Gasteiger partial charge is 0.504 e. The molecule has 2 rings (SSSR count). The Kier molecular flexibility index (Phi) is 5.18. The van der Waals surface area contributed by atoms with Crippen LogP contribution in [-0.4, -0.2) is 10.1 Å². The lowest BCUT2D eigenvalue weighted by atomic mass is 10.1. The van der Waals surface area contributed by atoms with E-state index in [1.54, 1.807) is 19.1 Å². The van der Waals surface area contributed by atoms with Gasteiger partial charge in [0.25, 0.3) is 0 Å². The molecule has 2 aromatic rings. The fraction of sp³-hybridized carbons (Fsp3) is 0.200. The zero-order valence-corrected chi connectivity index (χ0v) is 11.1. The molecule has 0 saturated carbocycles. The minimum Gasteiger partial charge on any atom is -0.504 e. The first kappa shape index (κ1) is 14.8. The van der Waals surface area contributed by atoms with Crippen molar-refractivity contribution in [2.45, 2.75) is 20.8 Å². The van der Waals surface area contributed by atoms with Crippen molar-refractivity contribution in [3.05, 3.63) is 58.3 Å². The third-order valence-corrected chi connectivity index (χ3v) is 2.37. The van der Waals surface area contributed by atoms with Crippen LogP contribution in [-0.2, 0) is 0 Å². The molecule has 0 radical (unpaired) electrons. The first-order valence-electron chi connectivity index (χ1n) is 6.03. The zero-order chi connectivity index (χ0) is 14.4. The van der Waals surface area contributed by atoms with Gasteiger partial charge in [0.1, 0.15) is 5.82 Å². The highest BCUT2D eigenvalue weighted by Crippen LogP contribution is 2.25. The Morgan fingerprint density at radius 1 is 1.16 bits per heavy atom. The van der Waals surface area contributed by atoms with Gasteiger partial charge in [0.05, 0.1) is 6.20 Å². The van der Waals surface area contributed by atoms with Gasteiger partial charge in [0.2, 0.25) is 5.43 Å². The van der Waals surface area contributed by atoms with Crippen LogP contribution in [0.5, 0.6) is 5.75 Å². The minimum atomic E-state index is -0.515. The summed E-state index contributed by atoms with van der Waals surface area (Å²) in [6.45, 7) is 5.79. The Balaban J connectivity index is 0.000000861. The summed E-state index contributed by atoms with van der Waals surface area (Å²) < 4.78 is 13.1. The summed E-state index contributed by atoms with van der Waals surface area (Å²) in [5.74, 6) is -0.913. The molecule has 0 aliphatic rings. The number of aromatic hydroxyl groups is 1. The van der Waals surface area contributed by atoms with E-state index >= 15 is 0 Å². The van der Waals surface area contributed by atoms with Crippen LogP contribution >= 0.6 is 0 Å². The molecule has 0 fully saturated rings. The summed E-state index contributed by atoms with van der Waals surface area (Å²) in [5, 5.41) is 9.76. The second-order valence-corrected chi connectivity index (χ2v) is 3.74. The van der Waals surface area contributed by atoms with Crippen LogP contribution in [0, 0.1) is 12.7 Å². The Morgan fingerprint density at radius 2 is 1.84 bits per heavy atom. The molecule has 0 spiro atoms. The molecular formula is C15H16FNO2. The number of pyridine rings is 1. The molecule has 0 amide bonds. The summed E-state index contributed by atoms with van der Waals surface area (Å²) in [6.07, 6.45) is 2.46. The van der Waals surface area contributed by atoms with Gasteiger partial charge in [-0.2, -0.15) is 0 Å². The molecule has 100 valence electrons. The van der Waals surface area contributed by atoms with E-state index in [1.165, 1.54) is 18.3 Å². The van der Waals surface area contributed by atoms with Crippen molar-refractivity contribution in [2.75, 3.05) is 0 Å². The highest BCUT2D eigenvalue weighted by Gasteiger charge is 2.08. The number of aromatic nitrogens is 1. The highest BCUT2D eigenvalue weighted by atomic mass is 19.1. The summed E-state index contributed by atoms with van der Waals surface area (Å²) in [4.78, 5) is 15.2. The molecule has 1 aromatic heterocycles. The first-order valence-corrected chi connectivity index (χ1v) is 6.03. The third kappa shape index (κ3) is 3.61. The van der Waals surface area contributed by atoms with Gasteiger partial charge in [0, 0.05) is 17.3 Å². The predicted octanol–water partition coefficient (Wildman–Crippen LogP) is 3.29. The van der Waals surface area contributed by atoms with Gasteiger partial charge < -0.3 is 5.11 Å². The average Bonchev–Trinajstić information content (AvgIpc) is 2.55. The molecule has 19 heavy (non-hydrogen) atoms. The van der Waals surface area contributed by atoms with E-state index in [4.69, 9.17) is 0 Å². The van der Waals surface area contributed by atoms with E-state index < -0.39 is 17.0 Å². The second-order valence-electron chi connectivity index (χ2n) is 3.74. The number of aryl methyl sites for hydroxylation is 1. The van der Waals surface area contributed by atoms with E-state index in [1.807, 2.05) is 13.8 Å². The average molecular weight is 261 g/mol. The fourth-order valence-electron chi connectivity index (χ4n) is 1.54. The van der Waals surface area contributed by atoms with Gasteiger partial charge in [-0.25, -0.2) is 4.39 Å². The lowest BCUT2D eigenvalue weighted by Gasteiger charge is -2.01. The molecule has 1 heterocycles. The summed E-state index contributed by atoms with van der Waals surface area (Å²) in [7, 11) is 0. The van der Waals surface area contributed by atoms with E-state index in [9.17, 15) is 14.3 Å². The normalized spacial score (nSPS) is 9.47. The molecular weight excluding hydrogens is 245 g/mol. The standard InChI is InChI=1S/C13H10FNO2.C2H6/c1-8-2-3-12(16)13(17)11(4-8)9-5-10(14)7-15-6-9;1-2/h2-7H,1H3,(H,16,17);1-2H3. The van der Waals surface area contributed by atoms with Gasteiger partial charge in [-0.3, -0.25) is 9.78 Å². The highest BCUT2D eigenvalue weighted by molar-refractivity contribution is 5.69. The Hall–Kier alpha value is -2.23. The van der Waals surface area contributed by atoms with Crippen molar-refractivity contribution in [1.82, 2.24) is 4.98 Å². The predicted molar refractivity (Wildman–Crippen MR) is 73.7 cm³/mol. The van der Waals surface area contributed by atoms with E-state index in [2.05, 4.69) is 4.98 Å². The number of hydrogen-bond acceptors (Lipinski definition) is 3. The van der Waals surface area contributed by atoms with E-state index in [-0.39, 0.29) is 5.56 Å². The van der Waals surface area contributed by atoms with E-state index in [0.717, 1.165) is 11.8 Å². The van der Waals surface area contributed by atoms with Gasteiger partial charge in [-0.05, 0) is 25.1 Å². The van der Waals surface area contributed by atoms with Crippen molar-refractivity contribution in [2.24, 2.45) is 0 Å². The topological polar surface area (TPSA) is 50.2 Å². The summed E-state index contributed by atoms with van der Waals surface area (Å²) >= 11 is 0. The van der Waals surface area contributed by atoms with Crippen LogP contribution in [0.15, 0.2) is 41.5 Å². The van der Waals surface area contributed by atoms with Crippen LogP contribution < -0.4 is 5.43 Å². The monoisotopic (exact) mass is 261 g/mol. The number of hydrogen-bond donors (Lipinski definition) is 1. The quantitative estimate of drug-likeness (QED) is 0.857. The third-order valence-electron chi connectivity index (χ3n) is 2.37. The maximum absolute atomic E-state index is 13.1. The van der Waals surface area contributed by atoms with Gasteiger partial charge in [-0.1, -0.05) is 25.5 Å². The fourth-order valence-corrected chi connectivity index (χ4v) is 1.54. The first-order chi connectivity index (χ1) is 9.08. The Bertz CT molecular complexity index is 627. The molecule has 0 atom stereocenters. The minimum absolute atomic E-state index is 0.282. The number of halogens is 1. The summed E-state index contributed by atoms with van der Waals surface area (Å²) in [6, 6.07) is 5.72. The molecule has 0 aliphatic heterocycles. The smallest absolute Gasteiger partial charge is 0.220 e. The Labute approximate surface area is 111 Å². The van der Waals surface area contributed by atoms with Crippen LogP contribution in [0.3, 0.4) is 0 Å². The van der Waals surface area contributed by atoms with Crippen molar-refractivity contribution in [3.63, 3.8) is 0 Å². The molecule has 0 saturated heterocycles. The van der Waals surface area contributed by atoms with Gasteiger partial charge in [-0.15, -0.1) is 0 Å². The van der Waals surface area contributed by atoms with Crippen LogP contribution in [0.4, 0.5) is 4.39 Å². The molecule has 4 heteroatoms. The van der Waals surface area contributed by atoms with Gasteiger partial charge >= 0.3 is 0 Å².